The van der Waals surface area contributed by atoms with Crippen LogP contribution in [0.3, 0.4) is 0 Å². The number of benzene rings is 1. The van der Waals surface area contributed by atoms with Crippen LogP contribution < -0.4 is 9.64 Å². The highest BCUT2D eigenvalue weighted by molar-refractivity contribution is 9.10. The van der Waals surface area contributed by atoms with E-state index in [1.54, 1.807) is 12.3 Å². The quantitative estimate of drug-likeness (QED) is 0.863. The van der Waals surface area contributed by atoms with E-state index in [0.29, 0.717) is 11.8 Å². The fourth-order valence-electron chi connectivity index (χ4n) is 1.69. The lowest BCUT2D eigenvalue weighted by molar-refractivity contribution is 0.461. The number of halogens is 1. The number of aromatic nitrogens is 2. The average Bonchev–Trinajstić information content (AvgIpc) is 2.36. The van der Waals surface area contributed by atoms with Gasteiger partial charge in [0.1, 0.15) is 5.75 Å². The van der Waals surface area contributed by atoms with Gasteiger partial charge < -0.3 is 9.64 Å². The normalized spacial score (nSPS) is 10.4. The van der Waals surface area contributed by atoms with Gasteiger partial charge in [-0.2, -0.15) is 4.98 Å². The largest absolute Gasteiger partial charge is 0.439 e. The van der Waals surface area contributed by atoms with Crippen LogP contribution >= 0.6 is 15.9 Å². The second kappa shape index (κ2) is 5.57. The van der Waals surface area contributed by atoms with Crippen LogP contribution in [0.15, 0.2) is 28.9 Å². The van der Waals surface area contributed by atoms with Gasteiger partial charge in [0, 0.05) is 30.8 Å². The van der Waals surface area contributed by atoms with Gasteiger partial charge in [-0.3, -0.25) is 0 Å². The molecule has 0 atom stereocenters. The number of ether oxygens (including phenoxy) is 1. The molecule has 2 aromatic rings. The average molecular weight is 322 g/mol. The first kappa shape index (κ1) is 13.8. The Hall–Kier alpha value is -1.62. The van der Waals surface area contributed by atoms with Gasteiger partial charge in [0.15, 0.2) is 0 Å². The van der Waals surface area contributed by atoms with E-state index in [9.17, 15) is 0 Å². The summed E-state index contributed by atoms with van der Waals surface area (Å²) in [5.74, 6) is 1.95. The molecule has 0 saturated carbocycles. The van der Waals surface area contributed by atoms with Gasteiger partial charge >= 0.3 is 0 Å². The molecule has 0 aliphatic rings. The maximum absolute atomic E-state index is 5.79. The van der Waals surface area contributed by atoms with Crippen molar-refractivity contribution in [2.45, 2.75) is 13.8 Å². The SMILES string of the molecule is Cc1cc(Oc2ccnc(N(C)C)n2)cc(C)c1Br. The smallest absolute Gasteiger partial charge is 0.228 e. The molecule has 0 aliphatic carbocycles. The summed E-state index contributed by atoms with van der Waals surface area (Å²) in [6.07, 6.45) is 1.69. The molecular formula is C14H16BrN3O. The Morgan fingerprint density at radius 1 is 1.16 bits per heavy atom. The van der Waals surface area contributed by atoms with Crippen LogP contribution in [0.4, 0.5) is 5.95 Å². The zero-order valence-electron chi connectivity index (χ0n) is 11.4. The van der Waals surface area contributed by atoms with Gasteiger partial charge in [-0.1, -0.05) is 15.9 Å². The molecule has 0 N–H and O–H groups in total. The molecule has 0 saturated heterocycles. The van der Waals surface area contributed by atoms with Gasteiger partial charge in [0.05, 0.1) is 0 Å². The Morgan fingerprint density at radius 3 is 2.37 bits per heavy atom. The molecule has 0 fully saturated rings. The van der Waals surface area contributed by atoms with Crippen LogP contribution in [0.5, 0.6) is 11.6 Å². The van der Waals surface area contributed by atoms with Crippen molar-refractivity contribution in [1.29, 1.82) is 0 Å². The summed E-state index contributed by atoms with van der Waals surface area (Å²) < 4.78 is 6.90. The van der Waals surface area contributed by atoms with Crippen LogP contribution in [-0.2, 0) is 0 Å². The monoisotopic (exact) mass is 321 g/mol. The molecule has 5 heteroatoms. The van der Waals surface area contributed by atoms with Crippen molar-refractivity contribution in [3.63, 3.8) is 0 Å². The third-order valence-corrected chi connectivity index (χ3v) is 3.90. The van der Waals surface area contributed by atoms with E-state index in [1.807, 2.05) is 45.0 Å². The van der Waals surface area contributed by atoms with Crippen molar-refractivity contribution in [2.24, 2.45) is 0 Å². The molecule has 0 aliphatic heterocycles. The molecule has 1 heterocycles. The molecule has 2 rings (SSSR count). The topological polar surface area (TPSA) is 38.2 Å². The maximum atomic E-state index is 5.79. The van der Waals surface area contributed by atoms with Gasteiger partial charge in [-0.05, 0) is 37.1 Å². The van der Waals surface area contributed by atoms with E-state index in [-0.39, 0.29) is 0 Å². The van der Waals surface area contributed by atoms with Crippen LogP contribution in [0.2, 0.25) is 0 Å². The molecule has 0 unspecified atom stereocenters. The summed E-state index contributed by atoms with van der Waals surface area (Å²) in [5.41, 5.74) is 2.27. The summed E-state index contributed by atoms with van der Waals surface area (Å²) >= 11 is 3.54. The number of aryl methyl sites for hydroxylation is 2. The first-order valence-electron chi connectivity index (χ1n) is 5.92. The summed E-state index contributed by atoms with van der Waals surface area (Å²) in [4.78, 5) is 10.3. The van der Waals surface area contributed by atoms with E-state index in [0.717, 1.165) is 21.3 Å². The minimum Gasteiger partial charge on any atom is -0.439 e. The molecular weight excluding hydrogens is 306 g/mol. The number of anilines is 1. The molecule has 0 radical (unpaired) electrons. The predicted molar refractivity (Wildman–Crippen MR) is 80.0 cm³/mol. The molecule has 19 heavy (non-hydrogen) atoms. The summed E-state index contributed by atoms with van der Waals surface area (Å²) in [6, 6.07) is 5.71. The standard InChI is InChI=1S/C14H16BrN3O/c1-9-7-11(8-10(2)13(9)15)19-12-5-6-16-14(17-12)18(3)4/h5-8H,1-4H3. The van der Waals surface area contributed by atoms with Gasteiger partial charge in [-0.15, -0.1) is 0 Å². The fourth-order valence-corrected chi connectivity index (χ4v) is 1.92. The van der Waals surface area contributed by atoms with Crippen LogP contribution in [0.1, 0.15) is 11.1 Å². The minimum absolute atomic E-state index is 0.542. The Morgan fingerprint density at radius 2 is 1.79 bits per heavy atom. The van der Waals surface area contributed by atoms with Crippen molar-refractivity contribution < 1.29 is 4.74 Å². The van der Waals surface area contributed by atoms with Crippen molar-refractivity contribution in [2.75, 3.05) is 19.0 Å². The lowest BCUT2D eigenvalue weighted by atomic mass is 10.1. The second-order valence-corrected chi connectivity index (χ2v) is 5.36. The maximum Gasteiger partial charge on any atom is 0.228 e. The molecule has 4 nitrogen and oxygen atoms in total. The first-order valence-corrected chi connectivity index (χ1v) is 6.71. The Kier molecular flexibility index (Phi) is 4.04. The zero-order chi connectivity index (χ0) is 14.0. The molecule has 0 spiro atoms. The van der Waals surface area contributed by atoms with E-state index < -0.39 is 0 Å². The van der Waals surface area contributed by atoms with Crippen molar-refractivity contribution in [3.8, 4) is 11.6 Å². The summed E-state index contributed by atoms with van der Waals surface area (Å²) in [5, 5.41) is 0. The number of rotatable bonds is 3. The minimum atomic E-state index is 0.542. The van der Waals surface area contributed by atoms with Crippen LogP contribution in [0, 0.1) is 13.8 Å². The fraction of sp³-hybridized carbons (Fsp3) is 0.286. The first-order chi connectivity index (χ1) is 8.97. The number of nitrogens with zero attached hydrogens (tertiary/aromatic N) is 3. The van der Waals surface area contributed by atoms with E-state index in [4.69, 9.17) is 4.74 Å². The highest BCUT2D eigenvalue weighted by Gasteiger charge is 2.06. The molecule has 0 amide bonds. The number of hydrogen-bond acceptors (Lipinski definition) is 4. The second-order valence-electron chi connectivity index (χ2n) is 4.56. The van der Waals surface area contributed by atoms with Crippen LogP contribution in [-0.4, -0.2) is 24.1 Å². The highest BCUT2D eigenvalue weighted by Crippen LogP contribution is 2.29. The Balaban J connectivity index is 2.28. The molecule has 0 bridgehead atoms. The van der Waals surface area contributed by atoms with E-state index >= 15 is 0 Å². The van der Waals surface area contributed by atoms with E-state index in [1.165, 1.54) is 0 Å². The summed E-state index contributed by atoms with van der Waals surface area (Å²) in [7, 11) is 3.79. The van der Waals surface area contributed by atoms with Gasteiger partial charge in [-0.25, -0.2) is 4.98 Å². The highest BCUT2D eigenvalue weighted by atomic mass is 79.9. The zero-order valence-corrected chi connectivity index (χ0v) is 13.0. The van der Waals surface area contributed by atoms with Gasteiger partial charge in [0.25, 0.3) is 0 Å². The predicted octanol–water partition coefficient (Wildman–Crippen LogP) is 3.71. The molecule has 1 aromatic carbocycles. The lowest BCUT2D eigenvalue weighted by Gasteiger charge is -2.12. The lowest BCUT2D eigenvalue weighted by Crippen LogP contribution is -2.12. The third kappa shape index (κ3) is 3.23. The van der Waals surface area contributed by atoms with Crippen LogP contribution in [0.25, 0.3) is 0 Å². The Labute approximate surface area is 121 Å². The molecule has 1 aromatic heterocycles. The van der Waals surface area contributed by atoms with Crippen molar-refractivity contribution in [3.05, 3.63) is 40.0 Å². The molecule has 100 valence electrons. The number of hydrogen-bond donors (Lipinski definition) is 0. The van der Waals surface area contributed by atoms with Crippen molar-refractivity contribution in [1.82, 2.24) is 9.97 Å². The summed E-state index contributed by atoms with van der Waals surface area (Å²) in [6.45, 7) is 4.07. The van der Waals surface area contributed by atoms with Gasteiger partial charge in [0.2, 0.25) is 11.8 Å². The van der Waals surface area contributed by atoms with Crippen molar-refractivity contribution >= 4 is 21.9 Å². The van der Waals surface area contributed by atoms with E-state index in [2.05, 4.69) is 25.9 Å². The Bertz CT molecular complexity index is 576. The third-order valence-electron chi connectivity index (χ3n) is 2.65.